The van der Waals surface area contributed by atoms with Crippen LogP contribution in [0.3, 0.4) is 0 Å². The molecule has 3 aromatic rings. The number of hydrogen-bond acceptors (Lipinski definition) is 5. The first kappa shape index (κ1) is 22.5. The van der Waals surface area contributed by atoms with Gasteiger partial charge in [-0.2, -0.15) is 0 Å². The van der Waals surface area contributed by atoms with Crippen LogP contribution in [0.2, 0.25) is 0 Å². The van der Waals surface area contributed by atoms with Crippen molar-refractivity contribution in [1.29, 1.82) is 0 Å². The molecular weight excluding hydrogens is 416 g/mol. The number of hydrogen-bond donors (Lipinski definition) is 2. The number of nitrogens with zero attached hydrogens (tertiary/aromatic N) is 2. The standard InChI is InChI=1S/C26H28N4O3/c31-25(27-21-7-3-1-4-8-21)19-29-15-17-30(18-16-29)20-26(32)28-22-11-13-24(14-12-22)33-23-9-5-2-6-10-23/h1-14H,15-20H2,(H,27,31)(H,28,32). The minimum Gasteiger partial charge on any atom is -0.457 e. The zero-order valence-electron chi connectivity index (χ0n) is 18.4. The lowest BCUT2D eigenvalue weighted by Gasteiger charge is -2.33. The zero-order chi connectivity index (χ0) is 22.9. The fourth-order valence-corrected chi connectivity index (χ4v) is 3.67. The fraction of sp³-hybridized carbons (Fsp3) is 0.231. The van der Waals surface area contributed by atoms with Crippen LogP contribution in [0.4, 0.5) is 11.4 Å². The molecule has 1 aliphatic heterocycles. The minimum atomic E-state index is -0.0537. The second kappa shape index (κ2) is 11.3. The second-order valence-corrected chi connectivity index (χ2v) is 7.95. The first-order valence-corrected chi connectivity index (χ1v) is 11.1. The van der Waals surface area contributed by atoms with Crippen molar-refractivity contribution in [3.8, 4) is 11.5 Å². The molecule has 0 aliphatic carbocycles. The van der Waals surface area contributed by atoms with Crippen molar-refractivity contribution >= 4 is 23.2 Å². The summed E-state index contributed by atoms with van der Waals surface area (Å²) in [6.45, 7) is 3.67. The fourth-order valence-electron chi connectivity index (χ4n) is 3.67. The summed E-state index contributed by atoms with van der Waals surface area (Å²) in [6.07, 6.45) is 0. The third-order valence-corrected chi connectivity index (χ3v) is 5.37. The van der Waals surface area contributed by atoms with E-state index in [0.29, 0.717) is 18.8 Å². The number of anilines is 2. The molecule has 2 N–H and O–H groups in total. The van der Waals surface area contributed by atoms with Crippen molar-refractivity contribution in [1.82, 2.24) is 9.80 Å². The third kappa shape index (κ3) is 7.17. The summed E-state index contributed by atoms with van der Waals surface area (Å²) in [7, 11) is 0. The van der Waals surface area contributed by atoms with Gasteiger partial charge in [-0.1, -0.05) is 36.4 Å². The smallest absolute Gasteiger partial charge is 0.238 e. The van der Waals surface area contributed by atoms with Gasteiger partial charge in [0.1, 0.15) is 11.5 Å². The van der Waals surface area contributed by atoms with Crippen LogP contribution in [0.25, 0.3) is 0 Å². The number of carbonyl (C=O) groups is 2. The molecule has 1 fully saturated rings. The molecule has 0 atom stereocenters. The summed E-state index contributed by atoms with van der Waals surface area (Å²) in [5, 5.41) is 5.85. The molecular formula is C26H28N4O3. The van der Waals surface area contributed by atoms with Crippen LogP contribution in [0, 0.1) is 0 Å². The van der Waals surface area contributed by atoms with Gasteiger partial charge in [-0.25, -0.2) is 0 Å². The van der Waals surface area contributed by atoms with Gasteiger partial charge in [0, 0.05) is 37.6 Å². The predicted molar refractivity (Wildman–Crippen MR) is 130 cm³/mol. The molecule has 0 unspecified atom stereocenters. The molecule has 0 saturated carbocycles. The maximum Gasteiger partial charge on any atom is 0.238 e. The first-order valence-electron chi connectivity index (χ1n) is 11.1. The molecule has 0 bridgehead atoms. The van der Waals surface area contributed by atoms with Crippen LogP contribution < -0.4 is 15.4 Å². The van der Waals surface area contributed by atoms with Gasteiger partial charge in [-0.15, -0.1) is 0 Å². The highest BCUT2D eigenvalue weighted by molar-refractivity contribution is 5.92. The highest BCUT2D eigenvalue weighted by atomic mass is 16.5. The number of nitrogens with one attached hydrogen (secondary N) is 2. The van der Waals surface area contributed by atoms with Gasteiger partial charge in [0.2, 0.25) is 11.8 Å². The lowest BCUT2D eigenvalue weighted by Crippen LogP contribution is -2.50. The van der Waals surface area contributed by atoms with Crippen molar-refractivity contribution in [2.24, 2.45) is 0 Å². The Bertz CT molecular complexity index is 1030. The molecule has 2 amide bonds. The summed E-state index contributed by atoms with van der Waals surface area (Å²) in [4.78, 5) is 28.9. The van der Waals surface area contributed by atoms with E-state index in [1.54, 1.807) is 0 Å². The largest absolute Gasteiger partial charge is 0.457 e. The Morgan fingerprint density at radius 3 is 1.55 bits per heavy atom. The topological polar surface area (TPSA) is 73.9 Å². The SMILES string of the molecule is O=C(CN1CCN(CC(=O)Nc2ccc(Oc3ccccc3)cc2)CC1)Nc1ccccc1. The number of para-hydroxylation sites is 2. The van der Waals surface area contributed by atoms with E-state index >= 15 is 0 Å². The van der Waals surface area contributed by atoms with Crippen LogP contribution in [0.15, 0.2) is 84.9 Å². The minimum absolute atomic E-state index is 0.0212. The summed E-state index contributed by atoms with van der Waals surface area (Å²) < 4.78 is 5.78. The number of ether oxygens (including phenoxy) is 1. The summed E-state index contributed by atoms with van der Waals surface area (Å²) in [5.41, 5.74) is 1.54. The monoisotopic (exact) mass is 444 g/mol. The number of benzene rings is 3. The molecule has 4 rings (SSSR count). The van der Waals surface area contributed by atoms with Crippen molar-refractivity contribution in [3.63, 3.8) is 0 Å². The van der Waals surface area contributed by atoms with E-state index in [1.165, 1.54) is 0 Å². The van der Waals surface area contributed by atoms with E-state index < -0.39 is 0 Å². The van der Waals surface area contributed by atoms with E-state index in [1.807, 2.05) is 84.9 Å². The molecule has 3 aromatic carbocycles. The molecule has 1 saturated heterocycles. The van der Waals surface area contributed by atoms with E-state index in [2.05, 4.69) is 20.4 Å². The third-order valence-electron chi connectivity index (χ3n) is 5.37. The van der Waals surface area contributed by atoms with Gasteiger partial charge in [0.05, 0.1) is 13.1 Å². The van der Waals surface area contributed by atoms with Gasteiger partial charge < -0.3 is 15.4 Å². The average Bonchev–Trinajstić information content (AvgIpc) is 2.83. The quantitative estimate of drug-likeness (QED) is 0.555. The summed E-state index contributed by atoms with van der Waals surface area (Å²) in [6, 6.07) is 26.4. The van der Waals surface area contributed by atoms with Crippen molar-refractivity contribution in [2.75, 3.05) is 49.9 Å². The van der Waals surface area contributed by atoms with E-state index in [4.69, 9.17) is 4.74 Å². The van der Waals surface area contributed by atoms with E-state index in [9.17, 15) is 9.59 Å². The number of amides is 2. The normalized spacial score (nSPS) is 14.4. The van der Waals surface area contributed by atoms with E-state index in [0.717, 1.165) is 43.3 Å². The van der Waals surface area contributed by atoms with Crippen LogP contribution >= 0.6 is 0 Å². The van der Waals surface area contributed by atoms with Gasteiger partial charge in [0.15, 0.2) is 0 Å². The summed E-state index contributed by atoms with van der Waals surface area (Å²) >= 11 is 0. The predicted octanol–water partition coefficient (Wildman–Crippen LogP) is 3.67. The van der Waals surface area contributed by atoms with Crippen molar-refractivity contribution in [3.05, 3.63) is 84.9 Å². The molecule has 1 aliphatic rings. The maximum absolute atomic E-state index is 12.5. The van der Waals surface area contributed by atoms with Gasteiger partial charge in [-0.05, 0) is 48.5 Å². The Hall–Kier alpha value is -3.68. The van der Waals surface area contributed by atoms with Crippen molar-refractivity contribution in [2.45, 2.75) is 0 Å². The van der Waals surface area contributed by atoms with E-state index in [-0.39, 0.29) is 11.8 Å². The highest BCUT2D eigenvalue weighted by Crippen LogP contribution is 2.22. The van der Waals surface area contributed by atoms with Crippen molar-refractivity contribution < 1.29 is 14.3 Å². The molecule has 170 valence electrons. The lowest BCUT2D eigenvalue weighted by molar-refractivity contribution is -0.120. The lowest BCUT2D eigenvalue weighted by atomic mass is 10.2. The Morgan fingerprint density at radius 2 is 1.03 bits per heavy atom. The highest BCUT2D eigenvalue weighted by Gasteiger charge is 2.20. The number of rotatable bonds is 8. The van der Waals surface area contributed by atoms with Crippen LogP contribution in [0.5, 0.6) is 11.5 Å². The first-order chi connectivity index (χ1) is 16.1. The summed E-state index contributed by atoms with van der Waals surface area (Å²) in [5.74, 6) is 1.41. The Balaban J connectivity index is 1.17. The van der Waals surface area contributed by atoms with Gasteiger partial charge >= 0.3 is 0 Å². The molecule has 0 aromatic heterocycles. The van der Waals surface area contributed by atoms with Gasteiger partial charge in [0.25, 0.3) is 0 Å². The zero-order valence-corrected chi connectivity index (χ0v) is 18.4. The second-order valence-electron chi connectivity index (χ2n) is 7.95. The van der Waals surface area contributed by atoms with Crippen LogP contribution in [-0.4, -0.2) is 60.9 Å². The maximum atomic E-state index is 12.5. The molecule has 0 spiro atoms. The Labute approximate surface area is 194 Å². The molecule has 33 heavy (non-hydrogen) atoms. The molecule has 7 nitrogen and oxygen atoms in total. The Morgan fingerprint density at radius 1 is 0.606 bits per heavy atom. The molecule has 1 heterocycles. The Kier molecular flexibility index (Phi) is 7.68. The van der Waals surface area contributed by atoms with Gasteiger partial charge in [-0.3, -0.25) is 19.4 Å². The average molecular weight is 445 g/mol. The number of piperazine rings is 1. The van der Waals surface area contributed by atoms with Crippen LogP contribution in [-0.2, 0) is 9.59 Å². The van der Waals surface area contributed by atoms with Crippen LogP contribution in [0.1, 0.15) is 0 Å². The molecule has 7 heteroatoms. The number of carbonyl (C=O) groups excluding carboxylic acids is 2. The molecule has 0 radical (unpaired) electrons.